The minimum absolute atomic E-state index is 0.249. The predicted molar refractivity (Wildman–Crippen MR) is 116 cm³/mol. The van der Waals surface area contributed by atoms with Crippen LogP contribution >= 0.6 is 11.6 Å². The van der Waals surface area contributed by atoms with Crippen molar-refractivity contribution < 1.29 is 13.2 Å². The van der Waals surface area contributed by atoms with Crippen LogP contribution in [0.1, 0.15) is 11.1 Å². The number of rotatable bonds is 6. The number of hydrogen-bond acceptors (Lipinski definition) is 5. The van der Waals surface area contributed by atoms with Crippen LogP contribution in [0.5, 0.6) is 0 Å². The minimum atomic E-state index is -3.65. The van der Waals surface area contributed by atoms with Gasteiger partial charge < -0.3 is 0 Å². The van der Waals surface area contributed by atoms with E-state index in [1.54, 1.807) is 37.3 Å². The zero-order valence-corrected chi connectivity index (χ0v) is 17.4. The number of pyridine rings is 1. The van der Waals surface area contributed by atoms with E-state index in [0.717, 1.165) is 27.0 Å². The summed E-state index contributed by atoms with van der Waals surface area (Å²) in [4.78, 5) is 16.6. The Bertz CT molecular complexity index is 1200. The van der Waals surface area contributed by atoms with Gasteiger partial charge in [0, 0.05) is 10.9 Å². The number of nitrogens with zero attached hydrogens (tertiary/aromatic N) is 3. The van der Waals surface area contributed by atoms with E-state index in [1.165, 1.54) is 6.21 Å². The van der Waals surface area contributed by atoms with Gasteiger partial charge in [-0.3, -0.25) is 9.10 Å². The highest BCUT2D eigenvalue weighted by Crippen LogP contribution is 2.22. The second kappa shape index (κ2) is 8.59. The molecule has 7 nitrogen and oxygen atoms in total. The molecule has 150 valence electrons. The average molecular weight is 431 g/mol. The molecule has 0 aliphatic heterocycles. The molecule has 29 heavy (non-hydrogen) atoms. The number of fused-ring (bicyclic) bond motifs is 1. The third-order valence-electron chi connectivity index (χ3n) is 4.17. The SMILES string of the molecule is Cc1ccccc1N(CC(=O)N/N=C\c1cc2ccccc2nc1Cl)S(C)(=O)=O. The monoisotopic (exact) mass is 430 g/mol. The van der Waals surface area contributed by atoms with Crippen molar-refractivity contribution in [1.29, 1.82) is 0 Å². The Balaban J connectivity index is 1.74. The maximum Gasteiger partial charge on any atom is 0.260 e. The summed E-state index contributed by atoms with van der Waals surface area (Å²) in [7, 11) is -3.65. The molecule has 0 fully saturated rings. The Labute approximate surface area is 174 Å². The fourth-order valence-corrected chi connectivity index (χ4v) is 3.87. The molecule has 2 aromatic carbocycles. The lowest BCUT2D eigenvalue weighted by Crippen LogP contribution is -2.39. The van der Waals surface area contributed by atoms with Crippen LogP contribution in [-0.4, -0.2) is 38.3 Å². The normalized spacial score (nSPS) is 11.7. The number of benzene rings is 2. The molecular weight excluding hydrogens is 412 g/mol. The van der Waals surface area contributed by atoms with Crippen molar-refractivity contribution in [2.45, 2.75) is 6.92 Å². The predicted octanol–water partition coefficient (Wildman–Crippen LogP) is 3.11. The first kappa shape index (κ1) is 20.8. The van der Waals surface area contributed by atoms with Gasteiger partial charge >= 0.3 is 0 Å². The quantitative estimate of drug-likeness (QED) is 0.369. The van der Waals surface area contributed by atoms with Gasteiger partial charge in [-0.05, 0) is 30.7 Å². The minimum Gasteiger partial charge on any atom is -0.271 e. The molecule has 0 atom stereocenters. The zero-order valence-electron chi connectivity index (χ0n) is 15.8. The molecule has 0 aliphatic rings. The Morgan fingerprint density at radius 3 is 2.62 bits per heavy atom. The fourth-order valence-electron chi connectivity index (χ4n) is 2.76. The first-order valence-electron chi connectivity index (χ1n) is 8.66. The van der Waals surface area contributed by atoms with Gasteiger partial charge in [-0.1, -0.05) is 48.0 Å². The fraction of sp³-hybridized carbons (Fsp3) is 0.150. The Morgan fingerprint density at radius 1 is 1.21 bits per heavy atom. The van der Waals surface area contributed by atoms with Gasteiger partial charge in [0.1, 0.15) is 11.7 Å². The summed E-state index contributed by atoms with van der Waals surface area (Å²) in [6, 6.07) is 16.2. The summed E-state index contributed by atoms with van der Waals surface area (Å²) in [5, 5.41) is 5.02. The van der Waals surface area contributed by atoms with Gasteiger partial charge in [0.15, 0.2) is 0 Å². The number of carbonyl (C=O) groups is 1. The second-order valence-corrected chi connectivity index (χ2v) is 8.68. The number of aryl methyl sites for hydroxylation is 1. The van der Waals surface area contributed by atoms with Crippen LogP contribution in [0.3, 0.4) is 0 Å². The van der Waals surface area contributed by atoms with Crippen molar-refractivity contribution in [2.24, 2.45) is 5.10 Å². The maximum atomic E-state index is 12.3. The third kappa shape index (κ3) is 5.10. The summed E-state index contributed by atoms with van der Waals surface area (Å²) < 4.78 is 25.4. The van der Waals surface area contributed by atoms with Crippen LogP contribution in [0.15, 0.2) is 59.7 Å². The summed E-state index contributed by atoms with van der Waals surface area (Å²) in [6.07, 6.45) is 2.43. The molecule has 1 aromatic heterocycles. The van der Waals surface area contributed by atoms with Gasteiger partial charge in [-0.15, -0.1) is 0 Å². The smallest absolute Gasteiger partial charge is 0.260 e. The van der Waals surface area contributed by atoms with Crippen LogP contribution < -0.4 is 9.73 Å². The van der Waals surface area contributed by atoms with E-state index in [4.69, 9.17) is 11.6 Å². The average Bonchev–Trinajstić information content (AvgIpc) is 2.66. The van der Waals surface area contributed by atoms with Crippen LogP contribution in [0, 0.1) is 6.92 Å². The number of halogens is 1. The van der Waals surface area contributed by atoms with Crippen LogP contribution in [-0.2, 0) is 14.8 Å². The first-order valence-corrected chi connectivity index (χ1v) is 10.9. The number of aromatic nitrogens is 1. The molecular formula is C20H19ClN4O3S. The molecule has 0 aliphatic carbocycles. The molecule has 0 bridgehead atoms. The van der Waals surface area contributed by atoms with E-state index in [2.05, 4.69) is 15.5 Å². The highest BCUT2D eigenvalue weighted by Gasteiger charge is 2.21. The van der Waals surface area contributed by atoms with Crippen molar-refractivity contribution in [3.05, 3.63) is 70.9 Å². The largest absolute Gasteiger partial charge is 0.271 e. The van der Waals surface area contributed by atoms with Crippen molar-refractivity contribution in [1.82, 2.24) is 10.4 Å². The lowest BCUT2D eigenvalue weighted by Gasteiger charge is -2.23. The van der Waals surface area contributed by atoms with Gasteiger partial charge in [0.2, 0.25) is 10.0 Å². The third-order valence-corrected chi connectivity index (χ3v) is 5.60. The van der Waals surface area contributed by atoms with Crippen LogP contribution in [0.2, 0.25) is 5.15 Å². The molecule has 1 amide bonds. The number of carbonyl (C=O) groups excluding carboxylic acids is 1. The molecule has 0 radical (unpaired) electrons. The molecule has 1 heterocycles. The van der Waals surface area contributed by atoms with Crippen LogP contribution in [0.25, 0.3) is 10.9 Å². The van der Waals surface area contributed by atoms with Crippen molar-refractivity contribution in [2.75, 3.05) is 17.1 Å². The summed E-state index contributed by atoms with van der Waals surface area (Å²) in [5.41, 5.74) is 4.80. The second-order valence-electron chi connectivity index (χ2n) is 6.41. The highest BCUT2D eigenvalue weighted by atomic mass is 35.5. The number of sulfonamides is 1. The topological polar surface area (TPSA) is 91.7 Å². The van der Waals surface area contributed by atoms with Gasteiger partial charge in [-0.2, -0.15) is 5.10 Å². The molecule has 0 saturated carbocycles. The number of anilines is 1. The lowest BCUT2D eigenvalue weighted by molar-refractivity contribution is -0.119. The van der Waals surface area contributed by atoms with Gasteiger partial charge in [0.05, 0.1) is 23.7 Å². The molecule has 3 rings (SSSR count). The molecule has 0 saturated heterocycles. The van der Waals surface area contributed by atoms with E-state index in [1.807, 2.05) is 24.3 Å². The van der Waals surface area contributed by atoms with Crippen molar-refractivity contribution >= 4 is 50.3 Å². The van der Waals surface area contributed by atoms with E-state index in [-0.39, 0.29) is 5.15 Å². The summed E-state index contributed by atoms with van der Waals surface area (Å²) in [5.74, 6) is -0.584. The molecule has 0 spiro atoms. The number of amides is 1. The Kier molecular flexibility index (Phi) is 6.14. The number of hydrazone groups is 1. The summed E-state index contributed by atoms with van der Waals surface area (Å²) in [6.45, 7) is 1.38. The van der Waals surface area contributed by atoms with Crippen LogP contribution in [0.4, 0.5) is 5.69 Å². The molecule has 1 N–H and O–H groups in total. The van der Waals surface area contributed by atoms with Crippen molar-refractivity contribution in [3.63, 3.8) is 0 Å². The summed E-state index contributed by atoms with van der Waals surface area (Å²) >= 11 is 6.16. The van der Waals surface area contributed by atoms with Gasteiger partial charge in [0.25, 0.3) is 5.91 Å². The highest BCUT2D eigenvalue weighted by molar-refractivity contribution is 7.92. The standard InChI is InChI=1S/C20H19ClN4O3S/c1-14-7-3-6-10-18(14)25(29(2,27)28)13-19(26)24-22-12-16-11-15-8-4-5-9-17(15)23-20(16)21/h3-12H,13H2,1-2H3,(H,24,26)/b22-12-. The first-order chi connectivity index (χ1) is 13.8. The lowest BCUT2D eigenvalue weighted by atomic mass is 10.2. The van der Waals surface area contributed by atoms with E-state index < -0.39 is 22.5 Å². The number of nitrogens with one attached hydrogen (secondary N) is 1. The molecule has 0 unspecified atom stereocenters. The van der Waals surface area contributed by atoms with Crippen molar-refractivity contribution in [3.8, 4) is 0 Å². The van der Waals surface area contributed by atoms with Gasteiger partial charge in [-0.25, -0.2) is 18.8 Å². The van der Waals surface area contributed by atoms with E-state index in [0.29, 0.717) is 11.3 Å². The Hall–Kier alpha value is -2.97. The number of para-hydroxylation sites is 2. The molecule has 3 aromatic rings. The molecule has 9 heteroatoms. The van der Waals surface area contributed by atoms with E-state index >= 15 is 0 Å². The zero-order chi connectivity index (χ0) is 21.0. The Morgan fingerprint density at radius 2 is 1.90 bits per heavy atom. The van der Waals surface area contributed by atoms with E-state index in [9.17, 15) is 13.2 Å². The maximum absolute atomic E-state index is 12.3. The number of hydrogen-bond donors (Lipinski definition) is 1.